The number of nitro benzene ring substituents is 1. The van der Waals surface area contributed by atoms with E-state index in [4.69, 9.17) is 0 Å². The monoisotopic (exact) mass is 237 g/mol. The Hall–Kier alpha value is -1.62. The van der Waals surface area contributed by atoms with Gasteiger partial charge in [-0.05, 0) is 18.6 Å². The lowest BCUT2D eigenvalue weighted by Gasteiger charge is -2.11. The van der Waals surface area contributed by atoms with E-state index in [-0.39, 0.29) is 10.6 Å². The van der Waals surface area contributed by atoms with Gasteiger partial charge in [-0.15, -0.1) is 0 Å². The van der Waals surface area contributed by atoms with E-state index >= 15 is 0 Å². The van der Waals surface area contributed by atoms with Crippen LogP contribution >= 0.6 is 0 Å². The molecule has 0 unspecified atom stereocenters. The first-order valence-electron chi connectivity index (χ1n) is 5.73. The van der Waals surface area contributed by atoms with Gasteiger partial charge >= 0.3 is 0 Å². The Morgan fingerprint density at radius 3 is 2.59 bits per heavy atom. The second-order valence-electron chi connectivity index (χ2n) is 4.29. The summed E-state index contributed by atoms with van der Waals surface area (Å²) in [7, 11) is 0. The summed E-state index contributed by atoms with van der Waals surface area (Å²) in [6.07, 6.45) is 0. The van der Waals surface area contributed by atoms with E-state index in [1.54, 1.807) is 12.1 Å². The number of nitrogens with one attached hydrogen (secondary N) is 2. The average molecular weight is 237 g/mol. The molecule has 0 spiro atoms. The number of nitrogens with zero attached hydrogens (tertiary/aromatic N) is 1. The largest absolute Gasteiger partial charge is 0.384 e. The quantitative estimate of drug-likeness (QED) is 0.452. The zero-order valence-electron chi connectivity index (χ0n) is 10.5. The van der Waals surface area contributed by atoms with E-state index in [0.717, 1.165) is 24.3 Å². The summed E-state index contributed by atoms with van der Waals surface area (Å²) in [5.41, 5.74) is 1.97. The Balaban J connectivity index is 2.52. The van der Waals surface area contributed by atoms with Gasteiger partial charge in [-0.3, -0.25) is 10.1 Å². The van der Waals surface area contributed by atoms with Crippen molar-refractivity contribution in [3.8, 4) is 0 Å². The molecule has 17 heavy (non-hydrogen) atoms. The Morgan fingerprint density at radius 1 is 1.35 bits per heavy atom. The second-order valence-corrected chi connectivity index (χ2v) is 4.29. The van der Waals surface area contributed by atoms with Gasteiger partial charge < -0.3 is 10.6 Å². The zero-order valence-corrected chi connectivity index (χ0v) is 10.5. The molecule has 0 aliphatic heterocycles. The van der Waals surface area contributed by atoms with E-state index in [1.165, 1.54) is 6.07 Å². The Kier molecular flexibility index (Phi) is 4.90. The van der Waals surface area contributed by atoms with Crippen molar-refractivity contribution >= 4 is 11.4 Å². The predicted octanol–water partition coefficient (Wildman–Crippen LogP) is 2.31. The molecule has 1 aromatic rings. The normalized spacial score (nSPS) is 10.6. The molecule has 0 atom stereocenters. The molecule has 0 heterocycles. The Labute approximate surface area is 101 Å². The van der Waals surface area contributed by atoms with E-state index in [2.05, 4.69) is 24.5 Å². The molecule has 0 aliphatic carbocycles. The maximum Gasteiger partial charge on any atom is 0.269 e. The molecule has 0 saturated carbocycles. The van der Waals surface area contributed by atoms with Crippen molar-refractivity contribution in [3.05, 3.63) is 33.9 Å². The molecule has 0 bridgehead atoms. The van der Waals surface area contributed by atoms with Gasteiger partial charge in [-0.2, -0.15) is 0 Å². The Bertz CT molecular complexity index is 391. The Morgan fingerprint density at radius 2 is 2.06 bits per heavy atom. The molecular formula is C12H19N3O2. The fourth-order valence-electron chi connectivity index (χ4n) is 1.52. The minimum atomic E-state index is -0.378. The number of hydrogen-bond donors (Lipinski definition) is 2. The number of anilines is 1. The summed E-state index contributed by atoms with van der Waals surface area (Å²) in [5.74, 6) is 0. The zero-order chi connectivity index (χ0) is 12.8. The molecule has 94 valence electrons. The van der Waals surface area contributed by atoms with Gasteiger partial charge in [0.15, 0.2) is 0 Å². The molecule has 0 amide bonds. The topological polar surface area (TPSA) is 67.2 Å². The van der Waals surface area contributed by atoms with Crippen LogP contribution in [-0.2, 0) is 0 Å². The lowest BCUT2D eigenvalue weighted by molar-refractivity contribution is -0.384. The molecule has 0 aromatic heterocycles. The van der Waals surface area contributed by atoms with Crippen molar-refractivity contribution in [1.82, 2.24) is 5.32 Å². The van der Waals surface area contributed by atoms with E-state index in [0.29, 0.717) is 6.04 Å². The summed E-state index contributed by atoms with van der Waals surface area (Å²) in [6.45, 7) is 7.73. The number of rotatable bonds is 6. The molecule has 1 rings (SSSR count). The van der Waals surface area contributed by atoms with Crippen LogP contribution in [0.2, 0.25) is 0 Å². The number of non-ortho nitro benzene ring substituents is 1. The SMILES string of the molecule is Cc1cc([N+](=O)[O-])ccc1NCCNC(C)C. The van der Waals surface area contributed by atoms with Gasteiger partial charge in [-0.25, -0.2) is 0 Å². The van der Waals surface area contributed by atoms with Gasteiger partial charge in [0.25, 0.3) is 5.69 Å². The molecule has 0 fully saturated rings. The third-order valence-corrected chi connectivity index (χ3v) is 2.41. The van der Waals surface area contributed by atoms with Gasteiger partial charge in [0.2, 0.25) is 0 Å². The smallest absolute Gasteiger partial charge is 0.269 e. The highest BCUT2D eigenvalue weighted by Gasteiger charge is 2.07. The molecule has 5 heteroatoms. The molecule has 1 aromatic carbocycles. The molecule has 0 aliphatic rings. The molecule has 5 nitrogen and oxygen atoms in total. The van der Waals surface area contributed by atoms with Crippen LogP contribution in [-0.4, -0.2) is 24.1 Å². The number of aryl methyl sites for hydroxylation is 1. The van der Waals surface area contributed by atoms with Crippen molar-refractivity contribution < 1.29 is 4.92 Å². The first-order chi connectivity index (χ1) is 8.00. The third kappa shape index (κ3) is 4.40. The molecule has 2 N–H and O–H groups in total. The number of benzene rings is 1. The summed E-state index contributed by atoms with van der Waals surface area (Å²) in [5, 5.41) is 17.1. The first kappa shape index (κ1) is 13.4. The predicted molar refractivity (Wildman–Crippen MR) is 69.5 cm³/mol. The summed E-state index contributed by atoms with van der Waals surface area (Å²) >= 11 is 0. The van der Waals surface area contributed by atoms with Crippen LogP contribution in [0.1, 0.15) is 19.4 Å². The first-order valence-corrected chi connectivity index (χ1v) is 5.73. The highest BCUT2D eigenvalue weighted by Crippen LogP contribution is 2.20. The third-order valence-electron chi connectivity index (χ3n) is 2.41. The van der Waals surface area contributed by atoms with Crippen LogP contribution in [0.15, 0.2) is 18.2 Å². The van der Waals surface area contributed by atoms with Gasteiger partial charge in [-0.1, -0.05) is 13.8 Å². The van der Waals surface area contributed by atoms with Crippen LogP contribution in [0, 0.1) is 17.0 Å². The lowest BCUT2D eigenvalue weighted by atomic mass is 10.2. The standard InChI is InChI=1S/C12H19N3O2/c1-9(2)13-6-7-14-12-5-4-11(15(16)17)8-10(12)3/h4-5,8-9,13-14H,6-7H2,1-3H3. The van der Waals surface area contributed by atoms with E-state index in [9.17, 15) is 10.1 Å². The highest BCUT2D eigenvalue weighted by atomic mass is 16.6. The maximum atomic E-state index is 10.6. The number of hydrogen-bond acceptors (Lipinski definition) is 4. The van der Waals surface area contributed by atoms with Crippen molar-refractivity contribution in [2.45, 2.75) is 26.8 Å². The van der Waals surface area contributed by atoms with Crippen molar-refractivity contribution in [3.63, 3.8) is 0 Å². The van der Waals surface area contributed by atoms with Crippen LogP contribution in [0.25, 0.3) is 0 Å². The fourth-order valence-corrected chi connectivity index (χ4v) is 1.52. The van der Waals surface area contributed by atoms with Crippen molar-refractivity contribution in [1.29, 1.82) is 0 Å². The van der Waals surface area contributed by atoms with Gasteiger partial charge in [0.05, 0.1) is 4.92 Å². The molecule has 0 radical (unpaired) electrons. The molecular weight excluding hydrogens is 218 g/mol. The minimum absolute atomic E-state index is 0.133. The lowest BCUT2D eigenvalue weighted by Crippen LogP contribution is -2.28. The van der Waals surface area contributed by atoms with Crippen LogP contribution in [0.3, 0.4) is 0 Å². The van der Waals surface area contributed by atoms with Crippen LogP contribution in [0.5, 0.6) is 0 Å². The van der Waals surface area contributed by atoms with Gasteiger partial charge in [0.1, 0.15) is 0 Å². The van der Waals surface area contributed by atoms with Crippen molar-refractivity contribution in [2.24, 2.45) is 0 Å². The fraction of sp³-hybridized carbons (Fsp3) is 0.500. The summed E-state index contributed by atoms with van der Waals surface area (Å²) in [4.78, 5) is 10.2. The maximum absolute atomic E-state index is 10.6. The highest BCUT2D eigenvalue weighted by molar-refractivity contribution is 5.55. The van der Waals surface area contributed by atoms with Crippen LogP contribution < -0.4 is 10.6 Å². The summed E-state index contributed by atoms with van der Waals surface area (Å²) < 4.78 is 0. The summed E-state index contributed by atoms with van der Waals surface area (Å²) in [6, 6.07) is 5.32. The second kappa shape index (κ2) is 6.20. The number of nitro groups is 1. The van der Waals surface area contributed by atoms with Crippen molar-refractivity contribution in [2.75, 3.05) is 18.4 Å². The van der Waals surface area contributed by atoms with E-state index in [1.807, 2.05) is 6.92 Å². The minimum Gasteiger partial charge on any atom is -0.384 e. The molecule has 0 saturated heterocycles. The van der Waals surface area contributed by atoms with E-state index < -0.39 is 0 Å². The average Bonchev–Trinajstić information content (AvgIpc) is 2.25. The van der Waals surface area contributed by atoms with Gasteiger partial charge in [0, 0.05) is 37.0 Å². The van der Waals surface area contributed by atoms with Crippen LogP contribution in [0.4, 0.5) is 11.4 Å².